The summed E-state index contributed by atoms with van der Waals surface area (Å²) in [6.45, 7) is 7.78. The first-order chi connectivity index (χ1) is 32.8. The number of aryl methyl sites for hydroxylation is 3. The molecule has 3 aromatic rings. The van der Waals surface area contributed by atoms with E-state index in [9.17, 15) is 58.5 Å². The minimum Gasteiger partial charge on any atom is -0.503 e. The molecule has 70 heavy (non-hydrogen) atoms. The van der Waals surface area contributed by atoms with Crippen molar-refractivity contribution in [2.75, 3.05) is 26.2 Å². The van der Waals surface area contributed by atoms with Crippen LogP contribution in [0.5, 0.6) is 17.2 Å². The van der Waals surface area contributed by atoms with Gasteiger partial charge in [0, 0.05) is 106 Å². The number of aromatic hydroxyl groups is 3. The number of unbranched alkanes of at least 4 members (excludes halogenated alkanes) is 3. The van der Waals surface area contributed by atoms with Crippen molar-refractivity contribution < 1.29 is 65.9 Å². The Hall–Kier alpha value is -6.45. The monoisotopic (exact) mass is 1020 g/mol. The normalized spacial score (nSPS) is 12.1. The van der Waals surface area contributed by atoms with E-state index in [1.54, 1.807) is 60.0 Å². The number of rotatable bonds is 30. The van der Waals surface area contributed by atoms with E-state index in [-0.39, 0.29) is 92.7 Å². The van der Waals surface area contributed by atoms with Crippen LogP contribution in [0.2, 0.25) is 0 Å². The number of nitrogens with one attached hydrogen (secondary N) is 5. The third-order valence-electron chi connectivity index (χ3n) is 11.6. The molecule has 3 rings (SSSR count). The van der Waals surface area contributed by atoms with Gasteiger partial charge in [-0.3, -0.25) is 43.2 Å². The van der Waals surface area contributed by atoms with Crippen molar-refractivity contribution in [2.45, 2.75) is 143 Å². The van der Waals surface area contributed by atoms with Crippen molar-refractivity contribution in [3.05, 3.63) is 84.5 Å². The third kappa shape index (κ3) is 19.9. The summed E-state index contributed by atoms with van der Waals surface area (Å²) in [5.41, 5.74) is 5.83. The van der Waals surface area contributed by atoms with E-state index in [0.29, 0.717) is 81.7 Å². The van der Waals surface area contributed by atoms with Crippen LogP contribution in [0.4, 0.5) is 0 Å². The van der Waals surface area contributed by atoms with Gasteiger partial charge in [-0.05, 0) is 85.5 Å². The van der Waals surface area contributed by atoms with Crippen LogP contribution in [0.3, 0.4) is 0 Å². The van der Waals surface area contributed by atoms with Gasteiger partial charge in [-0.25, -0.2) is 0 Å². The molecule has 0 aliphatic rings. The number of aromatic nitrogens is 3. The molecule has 23 heteroatoms. The third-order valence-corrected chi connectivity index (χ3v) is 11.6. The minimum absolute atomic E-state index is 0. The Morgan fingerprint density at radius 1 is 0.557 bits per heavy atom. The van der Waals surface area contributed by atoms with Gasteiger partial charge in [0.2, 0.25) is 45.8 Å². The van der Waals surface area contributed by atoms with Crippen LogP contribution in [0, 0.1) is 20.8 Å². The number of ether oxygens (including phenoxy) is 1. The SMILES string of the molecule is CCOC(=O)CCNC(=O)[C@H](CCCCn1ccc(=O)c(O)c1C)NC(=O)CCNC(=O)[C@H](CCCCn1ccc(=O)c(O)c1C)NC(=O)CCNC(=O)[C@@H](N)CCCCn1ccc(=O)c(O)c1C.[Fe]. The molecule has 3 heterocycles. The zero-order valence-corrected chi connectivity index (χ0v) is 41.4. The molecule has 0 bridgehead atoms. The molecule has 3 aromatic heterocycles. The Balaban J connectivity index is 0.0000168. The summed E-state index contributed by atoms with van der Waals surface area (Å²) in [4.78, 5) is 113. The average molecular weight is 1020 g/mol. The smallest absolute Gasteiger partial charge is 0.307 e. The molecule has 0 saturated heterocycles. The topological polar surface area (TPSA) is 325 Å². The standard InChI is InChI=1S/C47H69N9O13.Fe/c1-5-69-41(62)17-23-51-47(68)35(14-8-11-26-56-29-20-38(59)44(65)32(56)4)53-40(61)16-22-50-46(67)34(13-7-10-25-55-28-19-37(58)43(64)31(55)3)52-39(60)15-21-49-45(66)33(48)12-6-9-24-54-27-18-36(57)42(63)30(54)2;/h18-20,27-29,33-35,63-65H,5-17,21-26,48H2,1-4H3,(H,49,66)(H,50,67)(H,51,68)(H,52,60)(H,53,61);/t33-,34-,35-;/m0./s1. The Kier molecular flexibility index (Phi) is 26.4. The predicted octanol–water partition coefficient (Wildman–Crippen LogP) is 0.501. The van der Waals surface area contributed by atoms with Gasteiger partial charge in [0.15, 0.2) is 17.2 Å². The maximum Gasteiger partial charge on any atom is 0.307 e. The van der Waals surface area contributed by atoms with Gasteiger partial charge in [-0.2, -0.15) is 0 Å². The van der Waals surface area contributed by atoms with Crippen LogP contribution in [0.1, 0.15) is 101 Å². The van der Waals surface area contributed by atoms with Gasteiger partial charge in [-0.1, -0.05) is 0 Å². The zero-order valence-electron chi connectivity index (χ0n) is 40.3. The van der Waals surface area contributed by atoms with E-state index >= 15 is 0 Å². The van der Waals surface area contributed by atoms with E-state index in [2.05, 4.69) is 26.6 Å². The first-order valence-corrected chi connectivity index (χ1v) is 23.3. The molecule has 0 saturated carbocycles. The second kappa shape index (κ2) is 30.9. The fourth-order valence-corrected chi connectivity index (χ4v) is 7.32. The minimum atomic E-state index is -1.04. The Morgan fingerprint density at radius 2 is 0.900 bits per heavy atom. The number of esters is 1. The van der Waals surface area contributed by atoms with E-state index in [4.69, 9.17) is 10.5 Å². The number of hydrogen-bond donors (Lipinski definition) is 9. The van der Waals surface area contributed by atoms with E-state index in [1.807, 2.05) is 0 Å². The second-order valence-corrected chi connectivity index (χ2v) is 16.7. The molecule has 5 amide bonds. The van der Waals surface area contributed by atoms with E-state index < -0.39 is 69.9 Å². The molecule has 0 fully saturated rings. The van der Waals surface area contributed by atoms with E-state index in [0.717, 1.165) is 0 Å². The summed E-state index contributed by atoms with van der Waals surface area (Å²) in [5.74, 6) is -4.18. The van der Waals surface area contributed by atoms with Crippen LogP contribution in [-0.2, 0) is 70.2 Å². The summed E-state index contributed by atoms with van der Waals surface area (Å²) in [6, 6.07) is 0.890. The van der Waals surface area contributed by atoms with Gasteiger partial charge in [-0.15, -0.1) is 0 Å². The second-order valence-electron chi connectivity index (χ2n) is 16.7. The summed E-state index contributed by atoms with van der Waals surface area (Å²) in [7, 11) is 0. The molecule has 0 aliphatic carbocycles. The molecule has 3 atom stereocenters. The summed E-state index contributed by atoms with van der Waals surface area (Å²) >= 11 is 0. The van der Waals surface area contributed by atoms with Crippen molar-refractivity contribution in [3.8, 4) is 17.2 Å². The summed E-state index contributed by atoms with van der Waals surface area (Å²) < 4.78 is 10.1. The Labute approximate surface area is 416 Å². The number of amides is 5. The maximum atomic E-state index is 13.5. The summed E-state index contributed by atoms with van der Waals surface area (Å²) in [5, 5.41) is 43.3. The van der Waals surface area contributed by atoms with Crippen LogP contribution in [0.15, 0.2) is 51.2 Å². The number of hydrogen-bond acceptors (Lipinski definition) is 14. The van der Waals surface area contributed by atoms with Gasteiger partial charge >= 0.3 is 5.97 Å². The molecule has 0 aliphatic heterocycles. The summed E-state index contributed by atoms with van der Waals surface area (Å²) in [6.07, 6.45) is 8.06. The van der Waals surface area contributed by atoms with Gasteiger partial charge in [0.25, 0.3) is 0 Å². The fraction of sp³-hybridized carbons (Fsp3) is 0.553. The molecule has 388 valence electrons. The van der Waals surface area contributed by atoms with E-state index in [1.165, 1.54) is 18.2 Å². The van der Waals surface area contributed by atoms with Crippen LogP contribution in [0.25, 0.3) is 0 Å². The first kappa shape index (κ1) is 59.7. The average Bonchev–Trinajstić information content (AvgIpc) is 3.31. The molecule has 0 aromatic carbocycles. The van der Waals surface area contributed by atoms with Crippen LogP contribution in [-0.4, -0.2) is 109 Å². The molecule has 10 N–H and O–H groups in total. The Bertz CT molecular complexity index is 2420. The van der Waals surface area contributed by atoms with Gasteiger partial charge in [0.1, 0.15) is 12.1 Å². The van der Waals surface area contributed by atoms with Crippen molar-refractivity contribution in [3.63, 3.8) is 0 Å². The van der Waals surface area contributed by atoms with Crippen LogP contribution < -0.4 is 48.6 Å². The molecule has 0 spiro atoms. The van der Waals surface area contributed by atoms with Crippen molar-refractivity contribution in [2.24, 2.45) is 5.73 Å². The molecule has 0 radical (unpaired) electrons. The van der Waals surface area contributed by atoms with Crippen LogP contribution >= 0.6 is 0 Å². The van der Waals surface area contributed by atoms with Crippen molar-refractivity contribution in [1.82, 2.24) is 40.3 Å². The largest absolute Gasteiger partial charge is 0.503 e. The Morgan fingerprint density at radius 3 is 1.27 bits per heavy atom. The maximum absolute atomic E-state index is 13.5. The first-order valence-electron chi connectivity index (χ1n) is 23.3. The zero-order chi connectivity index (χ0) is 51.0. The number of pyridine rings is 3. The molecular formula is C47H69FeN9O13. The number of carbonyl (C=O) groups excluding carboxylic acids is 6. The van der Waals surface area contributed by atoms with Crippen molar-refractivity contribution >= 4 is 35.5 Å². The fourth-order valence-electron chi connectivity index (χ4n) is 7.32. The van der Waals surface area contributed by atoms with Gasteiger partial charge in [0.05, 0.1) is 36.2 Å². The number of carbonyl (C=O) groups is 6. The predicted molar refractivity (Wildman–Crippen MR) is 254 cm³/mol. The molecule has 22 nitrogen and oxygen atoms in total. The molecular weight excluding hydrogens is 954 g/mol. The van der Waals surface area contributed by atoms with Crippen molar-refractivity contribution in [1.29, 1.82) is 0 Å². The number of nitrogens with two attached hydrogens (primary N) is 1. The molecule has 0 unspecified atom stereocenters. The quantitative estimate of drug-likeness (QED) is 0.0250. The number of nitrogens with zero attached hydrogens (tertiary/aromatic N) is 3. The van der Waals surface area contributed by atoms with Gasteiger partial charge < -0.3 is 66.1 Å².